The molecule has 1 rings (SSSR count). The van der Waals surface area contributed by atoms with Gasteiger partial charge in [-0.1, -0.05) is 0 Å². The van der Waals surface area contributed by atoms with Gasteiger partial charge < -0.3 is 10.1 Å². The van der Waals surface area contributed by atoms with Crippen molar-refractivity contribution in [2.75, 3.05) is 18.1 Å². The number of imidazole rings is 1. The fraction of sp³-hybridized carbons (Fsp3) is 0.500. The Labute approximate surface area is 80.8 Å². The lowest BCUT2D eigenvalue weighted by Gasteiger charge is -1.97. The molecule has 2 N–H and O–H groups in total. The molecule has 1 aromatic rings. The molecule has 4 nitrogen and oxygen atoms in total. The van der Waals surface area contributed by atoms with Crippen molar-refractivity contribution in [1.82, 2.24) is 9.97 Å². The van der Waals surface area contributed by atoms with Gasteiger partial charge >= 0.3 is 0 Å². The van der Waals surface area contributed by atoms with Crippen LogP contribution in [0, 0.1) is 6.92 Å². The van der Waals surface area contributed by atoms with Gasteiger partial charge in [-0.3, -0.25) is 4.79 Å². The normalized spacial score (nSPS) is 10.3. The van der Waals surface area contributed by atoms with Crippen molar-refractivity contribution in [3.8, 4) is 0 Å². The van der Waals surface area contributed by atoms with E-state index in [9.17, 15) is 4.79 Å². The maximum absolute atomic E-state index is 11.4. The minimum atomic E-state index is 0.0113. The molecule has 0 aromatic carbocycles. The minimum Gasteiger partial charge on any atom is -0.396 e. The van der Waals surface area contributed by atoms with Gasteiger partial charge in [0.15, 0.2) is 5.78 Å². The second-order valence-corrected chi connectivity index (χ2v) is 3.68. The first-order valence-corrected chi connectivity index (χ1v) is 5.13. The van der Waals surface area contributed by atoms with Crippen molar-refractivity contribution in [3.05, 3.63) is 17.7 Å². The van der Waals surface area contributed by atoms with Crippen LogP contribution in [0.15, 0.2) is 6.33 Å². The van der Waals surface area contributed by atoms with Crippen LogP contribution in [0.3, 0.4) is 0 Å². The molecule has 13 heavy (non-hydrogen) atoms. The number of hydrogen-bond acceptors (Lipinski definition) is 4. The Morgan fingerprint density at radius 2 is 2.54 bits per heavy atom. The van der Waals surface area contributed by atoms with E-state index in [-0.39, 0.29) is 12.4 Å². The summed E-state index contributed by atoms with van der Waals surface area (Å²) in [5, 5.41) is 8.51. The summed E-state index contributed by atoms with van der Waals surface area (Å²) >= 11 is 1.41. The Balaban J connectivity index is 2.45. The molecule has 0 aliphatic carbocycles. The Hall–Kier alpha value is -0.810. The van der Waals surface area contributed by atoms with Crippen LogP contribution in [0.2, 0.25) is 0 Å². The standard InChI is InChI=1S/C8H12N2O2S/c1-6-8(10-5-9-6)7(12)4-13-3-2-11/h5,11H,2-4H2,1H3,(H,9,10). The number of carbonyl (C=O) groups is 1. The Morgan fingerprint density at radius 3 is 3.08 bits per heavy atom. The fourth-order valence-corrected chi connectivity index (χ4v) is 1.53. The third-order valence-corrected chi connectivity index (χ3v) is 2.50. The van der Waals surface area contributed by atoms with Crippen molar-refractivity contribution in [2.24, 2.45) is 0 Å². The van der Waals surface area contributed by atoms with Gasteiger partial charge in [0.25, 0.3) is 0 Å². The summed E-state index contributed by atoms with van der Waals surface area (Å²) in [4.78, 5) is 18.2. The van der Waals surface area contributed by atoms with Crippen molar-refractivity contribution in [2.45, 2.75) is 6.92 Å². The molecular weight excluding hydrogens is 188 g/mol. The number of rotatable bonds is 5. The van der Waals surface area contributed by atoms with Gasteiger partial charge in [-0.2, -0.15) is 11.8 Å². The maximum Gasteiger partial charge on any atom is 0.192 e. The summed E-state index contributed by atoms with van der Waals surface area (Å²) in [5.74, 6) is 0.985. The van der Waals surface area contributed by atoms with Gasteiger partial charge in [-0.25, -0.2) is 4.98 Å². The second-order valence-electron chi connectivity index (χ2n) is 2.58. The van der Waals surface area contributed by atoms with Crippen molar-refractivity contribution >= 4 is 17.5 Å². The number of Topliss-reactive ketones (excluding diaryl/α,β-unsaturated/α-hetero) is 1. The third-order valence-electron chi connectivity index (χ3n) is 1.56. The molecule has 0 saturated heterocycles. The highest BCUT2D eigenvalue weighted by atomic mass is 32.2. The van der Waals surface area contributed by atoms with E-state index in [2.05, 4.69) is 9.97 Å². The molecule has 0 bridgehead atoms. The molecule has 5 heteroatoms. The van der Waals surface area contributed by atoms with E-state index in [1.165, 1.54) is 18.1 Å². The van der Waals surface area contributed by atoms with Crippen LogP contribution in [-0.2, 0) is 0 Å². The molecular formula is C8H12N2O2S. The molecule has 0 saturated carbocycles. The summed E-state index contributed by atoms with van der Waals surface area (Å²) in [6, 6.07) is 0. The number of aliphatic hydroxyl groups is 1. The summed E-state index contributed by atoms with van der Waals surface area (Å²) in [7, 11) is 0. The summed E-state index contributed by atoms with van der Waals surface area (Å²) in [6.45, 7) is 1.93. The lowest BCUT2D eigenvalue weighted by molar-refractivity contribution is 0.101. The van der Waals surface area contributed by atoms with Crippen LogP contribution in [0.1, 0.15) is 16.2 Å². The number of nitrogens with one attached hydrogen (secondary N) is 1. The van der Waals surface area contributed by atoms with E-state index in [0.717, 1.165) is 5.69 Å². The number of ketones is 1. The zero-order valence-electron chi connectivity index (χ0n) is 7.41. The predicted octanol–water partition coefficient (Wildman–Crippen LogP) is 0.626. The number of carbonyl (C=O) groups excluding carboxylic acids is 1. The van der Waals surface area contributed by atoms with Crippen LogP contribution in [0.5, 0.6) is 0 Å². The van der Waals surface area contributed by atoms with E-state index < -0.39 is 0 Å². The highest BCUT2D eigenvalue weighted by Gasteiger charge is 2.10. The highest BCUT2D eigenvalue weighted by molar-refractivity contribution is 8.00. The number of aromatic amines is 1. The predicted molar refractivity (Wildman–Crippen MR) is 52.1 cm³/mol. The number of aliphatic hydroxyl groups excluding tert-OH is 1. The quantitative estimate of drug-likeness (QED) is 0.540. The molecule has 0 aliphatic rings. The largest absolute Gasteiger partial charge is 0.396 e. The van der Waals surface area contributed by atoms with E-state index in [0.29, 0.717) is 17.2 Å². The average molecular weight is 200 g/mol. The number of thioether (sulfide) groups is 1. The molecule has 0 amide bonds. The van der Waals surface area contributed by atoms with Gasteiger partial charge in [0, 0.05) is 11.4 Å². The molecule has 0 radical (unpaired) electrons. The Kier molecular flexibility index (Phi) is 3.98. The van der Waals surface area contributed by atoms with Gasteiger partial charge in [0.2, 0.25) is 0 Å². The monoisotopic (exact) mass is 200 g/mol. The zero-order valence-corrected chi connectivity index (χ0v) is 8.23. The first-order chi connectivity index (χ1) is 6.25. The van der Waals surface area contributed by atoms with E-state index in [4.69, 9.17) is 5.11 Å². The number of aryl methyl sites for hydroxylation is 1. The van der Waals surface area contributed by atoms with Gasteiger partial charge in [0.05, 0.1) is 18.7 Å². The molecule has 0 unspecified atom stereocenters. The van der Waals surface area contributed by atoms with E-state index >= 15 is 0 Å². The van der Waals surface area contributed by atoms with E-state index in [1.54, 1.807) is 0 Å². The molecule has 1 heterocycles. The Morgan fingerprint density at radius 1 is 1.77 bits per heavy atom. The third kappa shape index (κ3) is 2.86. The van der Waals surface area contributed by atoms with Crippen LogP contribution in [-0.4, -0.2) is 39.0 Å². The summed E-state index contributed by atoms with van der Waals surface area (Å²) < 4.78 is 0. The molecule has 1 aromatic heterocycles. The van der Waals surface area contributed by atoms with Crippen LogP contribution in [0.4, 0.5) is 0 Å². The highest BCUT2D eigenvalue weighted by Crippen LogP contribution is 2.07. The second kappa shape index (κ2) is 5.04. The summed E-state index contributed by atoms with van der Waals surface area (Å²) in [6.07, 6.45) is 1.51. The van der Waals surface area contributed by atoms with Crippen molar-refractivity contribution in [1.29, 1.82) is 0 Å². The van der Waals surface area contributed by atoms with Crippen LogP contribution in [0.25, 0.3) is 0 Å². The SMILES string of the molecule is Cc1[nH]cnc1C(=O)CSCCO. The smallest absolute Gasteiger partial charge is 0.192 e. The number of aromatic nitrogens is 2. The topological polar surface area (TPSA) is 66.0 Å². The molecule has 0 fully saturated rings. The lowest BCUT2D eigenvalue weighted by atomic mass is 10.3. The summed E-state index contributed by atoms with van der Waals surface area (Å²) in [5.41, 5.74) is 1.31. The average Bonchev–Trinajstić information content (AvgIpc) is 2.52. The molecule has 72 valence electrons. The van der Waals surface area contributed by atoms with Crippen molar-refractivity contribution in [3.63, 3.8) is 0 Å². The van der Waals surface area contributed by atoms with Gasteiger partial charge in [-0.05, 0) is 6.92 Å². The zero-order chi connectivity index (χ0) is 9.68. The first kappa shape index (κ1) is 10.3. The lowest BCUT2D eigenvalue weighted by Crippen LogP contribution is -2.06. The minimum absolute atomic E-state index is 0.0113. The molecule has 0 spiro atoms. The van der Waals surface area contributed by atoms with E-state index in [1.807, 2.05) is 6.92 Å². The molecule has 0 atom stereocenters. The number of H-pyrrole nitrogens is 1. The van der Waals surface area contributed by atoms with Crippen LogP contribution >= 0.6 is 11.8 Å². The maximum atomic E-state index is 11.4. The fourth-order valence-electron chi connectivity index (χ4n) is 0.938. The molecule has 0 aliphatic heterocycles. The van der Waals surface area contributed by atoms with Crippen molar-refractivity contribution < 1.29 is 9.90 Å². The Bertz CT molecular complexity index is 285. The number of hydrogen-bond donors (Lipinski definition) is 2. The van der Waals surface area contributed by atoms with Crippen LogP contribution < -0.4 is 0 Å². The van der Waals surface area contributed by atoms with Gasteiger partial charge in [0.1, 0.15) is 5.69 Å². The van der Waals surface area contributed by atoms with Gasteiger partial charge in [-0.15, -0.1) is 0 Å². The number of nitrogens with zero attached hydrogens (tertiary/aromatic N) is 1. The first-order valence-electron chi connectivity index (χ1n) is 3.97.